The largest absolute Gasteiger partial charge is 0.443 e. The van der Waals surface area contributed by atoms with Crippen molar-refractivity contribution < 1.29 is 57.3 Å². The maximum atomic E-state index is 13.1. The molecule has 28 heteroatoms. The molecule has 24 rings (SSSR count). The van der Waals surface area contributed by atoms with Crippen LogP contribution in [-0.2, 0) is 30.0 Å². The molecule has 7 aromatic heterocycles. The van der Waals surface area contributed by atoms with Crippen molar-refractivity contribution in [3.63, 3.8) is 0 Å². The van der Waals surface area contributed by atoms with Crippen LogP contribution in [0.3, 0.4) is 0 Å². The van der Waals surface area contributed by atoms with E-state index in [0.717, 1.165) is 153 Å². The molecule has 10 aromatic carbocycles. The number of methoxy groups -OCH3 is 1. The lowest BCUT2D eigenvalue weighted by atomic mass is 9.90. The zero-order chi connectivity index (χ0) is 92.1. The summed E-state index contributed by atoms with van der Waals surface area (Å²) < 4.78 is 30.4. The normalized spacial score (nSPS) is 17.2. The van der Waals surface area contributed by atoms with Gasteiger partial charge in [0.25, 0.3) is 41.4 Å². The van der Waals surface area contributed by atoms with Crippen LogP contribution in [0.4, 0.5) is 14.9 Å². The van der Waals surface area contributed by atoms with Gasteiger partial charge in [-0.2, -0.15) is 0 Å². The van der Waals surface area contributed by atoms with Crippen molar-refractivity contribution in [3.05, 3.63) is 354 Å². The topological polar surface area (TPSA) is 363 Å². The highest BCUT2D eigenvalue weighted by molar-refractivity contribution is 9.10. The molecule has 0 spiro atoms. The number of carbonyl (C=O) groups is 8. The number of benzene rings is 10. The number of nitrogens with two attached hydrogens (primary N) is 1. The number of hydrogen-bond acceptors (Lipinski definition) is 12. The summed E-state index contributed by atoms with van der Waals surface area (Å²) in [5.41, 5.74) is 29.5. The van der Waals surface area contributed by atoms with Gasteiger partial charge in [-0.1, -0.05) is 96.6 Å². The van der Waals surface area contributed by atoms with Crippen LogP contribution < -0.4 is 43.0 Å². The second-order valence-corrected chi connectivity index (χ2v) is 35.2. The Labute approximate surface area is 765 Å². The van der Waals surface area contributed by atoms with Gasteiger partial charge in [-0.3, -0.25) is 38.1 Å². The number of aryl methyl sites for hydroxylation is 3. The van der Waals surface area contributed by atoms with Gasteiger partial charge in [0.05, 0.1) is 16.2 Å². The molecule has 26 nitrogen and oxygen atoms in total. The molecule has 7 aliphatic rings. The summed E-state index contributed by atoms with van der Waals surface area (Å²) in [7, 11) is 5.58. The van der Waals surface area contributed by atoms with Gasteiger partial charge in [-0.25, -0.2) is 9.18 Å². The van der Waals surface area contributed by atoms with Crippen molar-refractivity contribution >= 4 is 151 Å². The molecule has 7 aliphatic heterocycles. The number of aromatic nitrogens is 7. The van der Waals surface area contributed by atoms with Crippen LogP contribution in [0, 0.1) is 12.7 Å². The number of nitrogens with one attached hydrogen (secondary N) is 11. The summed E-state index contributed by atoms with van der Waals surface area (Å²) >= 11 is 3.65. The van der Waals surface area contributed by atoms with Crippen molar-refractivity contribution in [1.82, 2.24) is 70.9 Å². The van der Waals surface area contributed by atoms with Crippen LogP contribution in [0.5, 0.6) is 0 Å². The summed E-state index contributed by atoms with van der Waals surface area (Å²) in [5, 5.41) is 36.9. The van der Waals surface area contributed by atoms with Gasteiger partial charge >= 0.3 is 6.09 Å². The number of rotatable bonds is 4. The molecule has 0 aliphatic carbocycles. The Hall–Kier alpha value is -15.4. The first kappa shape index (κ1) is 87.3. The Morgan fingerprint density at radius 3 is 1.45 bits per heavy atom. The fourth-order valence-corrected chi connectivity index (χ4v) is 19.4. The van der Waals surface area contributed by atoms with E-state index in [4.69, 9.17) is 15.2 Å². The van der Waals surface area contributed by atoms with Crippen molar-refractivity contribution in [2.75, 3.05) is 52.1 Å². The molecule has 5 unspecified atom stereocenters. The molecule has 0 saturated heterocycles. The monoisotopic (exact) mass is 1830 g/mol. The number of ether oxygens (including phenoxy) is 2. The zero-order valence-electron chi connectivity index (χ0n) is 73.2. The van der Waals surface area contributed by atoms with E-state index < -0.39 is 17.8 Å². The fourth-order valence-electron chi connectivity index (χ4n) is 18.7. The van der Waals surface area contributed by atoms with E-state index in [0.29, 0.717) is 61.4 Å². The molecular weight excluding hydrogens is 1730 g/mol. The number of H-pyrrole nitrogens is 4. The first-order chi connectivity index (χ1) is 63.7. The summed E-state index contributed by atoms with van der Waals surface area (Å²) in [4.78, 5) is 110. The lowest BCUT2D eigenvalue weighted by Gasteiger charge is -2.19. The van der Waals surface area contributed by atoms with Crippen molar-refractivity contribution in [2.24, 2.45) is 14.1 Å². The zero-order valence-corrected chi connectivity index (χ0v) is 74.8. The third kappa shape index (κ3) is 16.9. The van der Waals surface area contributed by atoms with E-state index in [2.05, 4.69) is 104 Å². The quantitative estimate of drug-likeness (QED) is 0.0732. The predicted octanol–water partition coefficient (Wildman–Crippen LogP) is 17.1. The number of carbonyl (C=O) groups excluding carboxylic acids is 8. The molecular formula is C104H95BrFN15O11. The summed E-state index contributed by atoms with van der Waals surface area (Å²) in [6, 6.07) is 62.6. The molecule has 0 saturated carbocycles. The van der Waals surface area contributed by atoms with E-state index >= 15 is 0 Å². The maximum absolute atomic E-state index is 13.1. The van der Waals surface area contributed by atoms with Crippen LogP contribution in [0.1, 0.15) is 184 Å². The van der Waals surface area contributed by atoms with Crippen LogP contribution in [0.15, 0.2) is 248 Å². The van der Waals surface area contributed by atoms with E-state index in [9.17, 15) is 47.9 Å². The fraction of sp³-hybridized carbons (Fsp3) is 0.192. The van der Waals surface area contributed by atoms with Gasteiger partial charge in [0.15, 0.2) is 0 Å². The van der Waals surface area contributed by atoms with Crippen LogP contribution >= 0.6 is 15.9 Å². The molecule has 0 radical (unpaired) electrons. The van der Waals surface area contributed by atoms with E-state index in [1.54, 1.807) is 49.8 Å². The Kier molecular flexibility index (Phi) is 24.0. The average Bonchev–Trinajstić information content (AvgIpc) is 1.30. The first-order valence-electron chi connectivity index (χ1n) is 43.4. The smallest absolute Gasteiger partial charge is 0.419 e. The highest BCUT2D eigenvalue weighted by Crippen LogP contribution is 2.43. The number of anilines is 1. The van der Waals surface area contributed by atoms with E-state index in [1.165, 1.54) is 27.8 Å². The summed E-state index contributed by atoms with van der Waals surface area (Å²) in [6.45, 7) is 10.6. The predicted molar refractivity (Wildman–Crippen MR) is 513 cm³/mol. The van der Waals surface area contributed by atoms with E-state index in [-0.39, 0.29) is 77.6 Å². The number of nitrogen functional groups attached to an aromatic ring is 1. The third-order valence-corrected chi connectivity index (χ3v) is 25.6. The molecule has 7 amide bonds. The highest BCUT2D eigenvalue weighted by atomic mass is 79.9. The van der Waals surface area contributed by atoms with Gasteiger partial charge in [-0.05, 0) is 199 Å². The average molecular weight is 1830 g/mol. The molecule has 5 atom stereocenters. The molecule has 14 heterocycles. The van der Waals surface area contributed by atoms with Crippen LogP contribution in [0.25, 0.3) is 82.4 Å². The number of β-amino-alcohol motifs (C(OH)–C–C–N with tert-alkyl or cyclic N) is 1. The Bertz CT molecular complexity index is 7350. The number of hydrogen-bond donors (Lipinski definition) is 13. The number of halogens is 2. The molecule has 17 aromatic rings. The number of aromatic amines is 4. The number of amides is 7. The highest BCUT2D eigenvalue weighted by Gasteiger charge is 2.34. The second-order valence-electron chi connectivity index (χ2n) is 34.4. The standard InChI is InChI=1S/C18H15BrN2O.C17H13FN2O.C17H15N3O.C16H18N2O3.C13H14N2O2.C12H12N2O2.C11H8N2O/c1-10-5-7-11(8-6-10)13-9-20-18(22)12-3-2-4-14-15(12)16(13)17(19)21-14;2*18-11-6-4-10(5-7-11)13-8-20-17(21)12-2-1-3-15-16(12)14(13)9-19-15;1-16(2,3)21-15(20)18-9-10-7-8-17-14(19)11-5-4-6-12(18)13(10)11;1-15-7-9-11(17-2)6-14-13(16)8-4-3-5-10(15)12(8)9;1-14-6-8-10(15)5-13-12(16)7-3-2-4-9(14)11(7)8;14-11-8-2-1-3-9-10(8)7(6-13-9)4-5-12-11/h2-8,13,21H,9H2,1H3,(H,20,22);1-7,9,13,19H,8H2,(H,20,21);1-7,9,13,19H,8,18H2,(H,20,21);4-6,9H,7-8H2,1-3H3,(H,17,19);3-5,7,11H,6H2,1-2H3,(H,14,16);2-4,6,10,15H,5H2,1H3,(H,13,16);1-6,13H,(H,12,14). The summed E-state index contributed by atoms with van der Waals surface area (Å²) in [6.07, 6.45) is 14.7. The van der Waals surface area contributed by atoms with Gasteiger partial charge in [0, 0.05) is 259 Å². The SMILES string of the molecule is CC(C)(C)OC(=O)n1cc2c3c(cccc31)C(=O)NCC2.COC1CNC(=O)c2cccc3c2c1cn3C.Cc1ccc(C2CNC(=O)c3cccc4[nH]c(Br)c2c34)cc1.Cn1cc2c3c(cccc31)C(=O)NCC2O.Nc1ccc(C2CNC(=O)c3cccc4[nH]cc2c34)cc1.O=C1NC=Cc2c[nH]c3cccc1c23.O=C1NCC(c2ccc(F)cc2)c2c[nH]c3cccc1c23. The maximum Gasteiger partial charge on any atom is 0.419 e. The minimum Gasteiger partial charge on any atom is -0.443 e. The van der Waals surface area contributed by atoms with Crippen LogP contribution in [-0.4, -0.2) is 138 Å². The Morgan fingerprint density at radius 2 is 0.894 bits per heavy atom. The minimum atomic E-state index is -0.628. The molecule has 14 N–H and O–H groups in total. The Morgan fingerprint density at radius 1 is 0.462 bits per heavy atom. The van der Waals surface area contributed by atoms with Gasteiger partial charge in [-0.15, -0.1) is 0 Å². The van der Waals surface area contributed by atoms with Crippen molar-refractivity contribution in [1.29, 1.82) is 0 Å². The molecule has 666 valence electrons. The van der Waals surface area contributed by atoms with Crippen molar-refractivity contribution in [2.45, 2.75) is 69.7 Å². The van der Waals surface area contributed by atoms with Gasteiger partial charge < -0.3 is 86.6 Å². The Balaban J connectivity index is 0.000000104. The minimum absolute atomic E-state index is 0.00652. The molecule has 0 fully saturated rings. The van der Waals surface area contributed by atoms with Gasteiger partial charge in [0.1, 0.15) is 17.5 Å². The third-order valence-electron chi connectivity index (χ3n) is 25.0. The second kappa shape index (κ2) is 36.3. The van der Waals surface area contributed by atoms with Crippen molar-refractivity contribution in [3.8, 4) is 0 Å². The number of aliphatic hydroxyl groups is 1. The van der Waals surface area contributed by atoms with E-state index in [1.807, 2.05) is 215 Å². The number of nitrogens with zero attached hydrogens (tertiary/aromatic N) is 3. The molecule has 0 bridgehead atoms. The number of aliphatic hydroxyl groups excluding tert-OH is 1. The van der Waals surface area contributed by atoms with Crippen LogP contribution in [0.2, 0.25) is 0 Å². The summed E-state index contributed by atoms with van der Waals surface area (Å²) in [5.74, 6) is -0.339. The lowest BCUT2D eigenvalue weighted by Crippen LogP contribution is -2.27. The first-order valence-corrected chi connectivity index (χ1v) is 44.2. The lowest BCUT2D eigenvalue weighted by molar-refractivity contribution is 0.0542. The molecule has 132 heavy (non-hydrogen) atoms. The van der Waals surface area contributed by atoms with Gasteiger partial charge in [0.2, 0.25) is 0 Å².